The van der Waals surface area contributed by atoms with Crippen LogP contribution in [0.2, 0.25) is 0 Å². The third-order valence-corrected chi connectivity index (χ3v) is 4.35. The molecule has 0 aliphatic rings. The number of carbonyl (C=O) groups excluding carboxylic acids is 1. The van der Waals surface area contributed by atoms with E-state index in [2.05, 4.69) is 28.1 Å². The lowest BCUT2D eigenvalue weighted by Gasteiger charge is -2.16. The second-order valence-corrected chi connectivity index (χ2v) is 6.20. The van der Waals surface area contributed by atoms with Gasteiger partial charge in [0.2, 0.25) is 0 Å². The summed E-state index contributed by atoms with van der Waals surface area (Å²) < 4.78 is 7.33. The molecule has 0 spiro atoms. The molecule has 0 saturated carbocycles. The van der Waals surface area contributed by atoms with Crippen LogP contribution in [0.4, 0.5) is 0 Å². The number of hydrogen-bond donors (Lipinski definition) is 1. The second kappa shape index (κ2) is 6.88. The molecule has 0 fully saturated rings. The molecule has 0 aliphatic carbocycles. The van der Waals surface area contributed by atoms with E-state index in [1.807, 2.05) is 43.3 Å². The van der Waals surface area contributed by atoms with E-state index in [-0.39, 0.29) is 11.9 Å². The zero-order chi connectivity index (χ0) is 17.9. The molecular formula is C21H19N3O2. The van der Waals surface area contributed by atoms with Crippen LogP contribution < -0.4 is 5.32 Å². The number of benzene rings is 2. The van der Waals surface area contributed by atoms with E-state index in [0.29, 0.717) is 12.3 Å². The smallest absolute Gasteiger partial charge is 0.287 e. The van der Waals surface area contributed by atoms with Gasteiger partial charge in [-0.25, -0.2) is 4.98 Å². The van der Waals surface area contributed by atoms with Gasteiger partial charge in [-0.2, -0.15) is 0 Å². The van der Waals surface area contributed by atoms with Gasteiger partial charge in [-0.1, -0.05) is 42.5 Å². The van der Waals surface area contributed by atoms with Crippen molar-refractivity contribution >= 4 is 16.9 Å². The van der Waals surface area contributed by atoms with E-state index in [4.69, 9.17) is 9.40 Å². The Labute approximate surface area is 151 Å². The average Bonchev–Trinajstić information content (AvgIpc) is 3.31. The highest BCUT2D eigenvalue weighted by Crippen LogP contribution is 2.22. The standard InChI is InChI=1S/C21H19N3O2/c1-15(22-21(25)19-12-7-13-26-19)20-23-17-10-5-6-11-18(17)24(20)14-16-8-3-2-4-9-16/h2-13,15H,14H2,1H3,(H,22,25)/t15-/m1/s1. The summed E-state index contributed by atoms with van der Waals surface area (Å²) in [5.74, 6) is 0.860. The molecule has 5 nitrogen and oxygen atoms in total. The molecule has 2 heterocycles. The zero-order valence-electron chi connectivity index (χ0n) is 14.4. The lowest BCUT2D eigenvalue weighted by molar-refractivity contribution is 0.0909. The van der Waals surface area contributed by atoms with Crippen molar-refractivity contribution in [3.63, 3.8) is 0 Å². The van der Waals surface area contributed by atoms with E-state index in [1.54, 1.807) is 12.1 Å². The number of para-hydroxylation sites is 2. The molecule has 130 valence electrons. The van der Waals surface area contributed by atoms with Crippen LogP contribution in [0.25, 0.3) is 11.0 Å². The van der Waals surface area contributed by atoms with Gasteiger partial charge in [0.15, 0.2) is 5.76 Å². The summed E-state index contributed by atoms with van der Waals surface area (Å²) in [6.45, 7) is 2.63. The fraction of sp³-hybridized carbons (Fsp3) is 0.143. The van der Waals surface area contributed by atoms with E-state index < -0.39 is 0 Å². The molecule has 0 saturated heterocycles. The van der Waals surface area contributed by atoms with Crippen molar-refractivity contribution in [1.82, 2.24) is 14.9 Å². The molecule has 0 bridgehead atoms. The maximum Gasteiger partial charge on any atom is 0.287 e. The van der Waals surface area contributed by atoms with Crippen molar-refractivity contribution in [2.45, 2.75) is 19.5 Å². The number of fused-ring (bicyclic) bond motifs is 1. The van der Waals surface area contributed by atoms with Crippen molar-refractivity contribution in [2.75, 3.05) is 0 Å². The van der Waals surface area contributed by atoms with Gasteiger partial charge < -0.3 is 14.3 Å². The highest BCUT2D eigenvalue weighted by molar-refractivity contribution is 5.91. The molecule has 1 amide bonds. The Morgan fingerprint density at radius 3 is 2.62 bits per heavy atom. The van der Waals surface area contributed by atoms with Gasteiger partial charge in [-0.15, -0.1) is 0 Å². The molecule has 2 aromatic carbocycles. The number of nitrogens with zero attached hydrogens (tertiary/aromatic N) is 2. The fourth-order valence-corrected chi connectivity index (χ4v) is 3.10. The van der Waals surface area contributed by atoms with Gasteiger partial charge >= 0.3 is 0 Å². The first-order valence-electron chi connectivity index (χ1n) is 8.56. The molecule has 1 N–H and O–H groups in total. The Morgan fingerprint density at radius 1 is 1.08 bits per heavy atom. The van der Waals surface area contributed by atoms with Crippen molar-refractivity contribution in [3.8, 4) is 0 Å². The lowest BCUT2D eigenvalue weighted by Crippen LogP contribution is -2.28. The largest absolute Gasteiger partial charge is 0.459 e. The highest BCUT2D eigenvalue weighted by atomic mass is 16.3. The molecule has 0 unspecified atom stereocenters. The third-order valence-electron chi connectivity index (χ3n) is 4.35. The van der Waals surface area contributed by atoms with Crippen LogP contribution in [0.15, 0.2) is 77.4 Å². The molecule has 26 heavy (non-hydrogen) atoms. The van der Waals surface area contributed by atoms with Crippen LogP contribution in [-0.4, -0.2) is 15.5 Å². The first-order valence-corrected chi connectivity index (χ1v) is 8.56. The lowest BCUT2D eigenvalue weighted by atomic mass is 10.2. The predicted molar refractivity (Wildman–Crippen MR) is 99.9 cm³/mol. The van der Waals surface area contributed by atoms with Gasteiger partial charge in [0.25, 0.3) is 5.91 Å². The average molecular weight is 345 g/mol. The van der Waals surface area contributed by atoms with Crippen LogP contribution >= 0.6 is 0 Å². The Morgan fingerprint density at radius 2 is 1.85 bits per heavy atom. The molecule has 2 aromatic heterocycles. The van der Waals surface area contributed by atoms with Crippen molar-refractivity contribution in [3.05, 3.63) is 90.1 Å². The SMILES string of the molecule is C[C@@H](NC(=O)c1ccco1)c1nc2ccccc2n1Cc1ccccc1. The molecule has 4 aromatic rings. The molecule has 5 heteroatoms. The summed E-state index contributed by atoms with van der Waals surface area (Å²) >= 11 is 0. The molecule has 1 atom stereocenters. The van der Waals surface area contributed by atoms with Crippen LogP contribution in [0.1, 0.15) is 34.9 Å². The van der Waals surface area contributed by atoms with E-state index in [1.165, 1.54) is 11.8 Å². The summed E-state index contributed by atoms with van der Waals surface area (Å²) in [6.07, 6.45) is 1.49. The first kappa shape index (κ1) is 16.1. The Balaban J connectivity index is 1.69. The van der Waals surface area contributed by atoms with Crippen LogP contribution in [0, 0.1) is 0 Å². The predicted octanol–water partition coefficient (Wildman–Crippen LogP) is 4.17. The summed E-state index contributed by atoms with van der Waals surface area (Å²) in [5, 5.41) is 2.97. The van der Waals surface area contributed by atoms with Gasteiger partial charge in [-0.05, 0) is 36.8 Å². The number of amides is 1. The maximum absolute atomic E-state index is 12.3. The number of aromatic nitrogens is 2. The summed E-state index contributed by atoms with van der Waals surface area (Å²) in [4.78, 5) is 17.1. The minimum atomic E-state index is -0.260. The molecule has 0 aliphatic heterocycles. The number of furan rings is 1. The zero-order valence-corrected chi connectivity index (χ0v) is 14.4. The van der Waals surface area contributed by atoms with Crippen molar-refractivity contribution in [2.24, 2.45) is 0 Å². The Kier molecular flexibility index (Phi) is 4.27. The summed E-state index contributed by atoms with van der Waals surface area (Å²) in [6, 6.07) is 21.3. The number of carbonyl (C=O) groups is 1. The van der Waals surface area contributed by atoms with E-state index >= 15 is 0 Å². The number of rotatable bonds is 5. The normalized spacial score (nSPS) is 12.2. The van der Waals surface area contributed by atoms with Gasteiger partial charge in [-0.3, -0.25) is 4.79 Å². The topological polar surface area (TPSA) is 60.1 Å². The van der Waals surface area contributed by atoms with Crippen LogP contribution in [0.5, 0.6) is 0 Å². The summed E-state index contributed by atoms with van der Waals surface area (Å²) in [7, 11) is 0. The highest BCUT2D eigenvalue weighted by Gasteiger charge is 2.20. The van der Waals surface area contributed by atoms with Gasteiger partial charge in [0.05, 0.1) is 23.3 Å². The molecule has 0 radical (unpaired) electrons. The summed E-state index contributed by atoms with van der Waals surface area (Å²) in [5.41, 5.74) is 3.14. The van der Waals surface area contributed by atoms with E-state index in [9.17, 15) is 4.79 Å². The Bertz CT molecular complexity index is 1020. The molecule has 4 rings (SSSR count). The third kappa shape index (κ3) is 3.11. The fourth-order valence-electron chi connectivity index (χ4n) is 3.10. The van der Waals surface area contributed by atoms with Crippen LogP contribution in [-0.2, 0) is 6.54 Å². The van der Waals surface area contributed by atoms with Gasteiger partial charge in [0.1, 0.15) is 5.82 Å². The number of imidazole rings is 1. The minimum Gasteiger partial charge on any atom is -0.459 e. The maximum atomic E-state index is 12.3. The first-order chi connectivity index (χ1) is 12.7. The van der Waals surface area contributed by atoms with Crippen molar-refractivity contribution < 1.29 is 9.21 Å². The van der Waals surface area contributed by atoms with Crippen LogP contribution in [0.3, 0.4) is 0 Å². The van der Waals surface area contributed by atoms with Gasteiger partial charge in [0, 0.05) is 6.54 Å². The minimum absolute atomic E-state index is 0.249. The Hall–Kier alpha value is -3.34. The van der Waals surface area contributed by atoms with Crippen molar-refractivity contribution in [1.29, 1.82) is 0 Å². The second-order valence-electron chi connectivity index (χ2n) is 6.20. The molecular weight excluding hydrogens is 326 g/mol. The van der Waals surface area contributed by atoms with E-state index in [0.717, 1.165) is 16.9 Å². The number of hydrogen-bond acceptors (Lipinski definition) is 3. The number of nitrogens with one attached hydrogen (secondary N) is 1. The quantitative estimate of drug-likeness (QED) is 0.590. The monoisotopic (exact) mass is 345 g/mol.